The van der Waals surface area contributed by atoms with Gasteiger partial charge in [0, 0.05) is 6.42 Å². The zero-order valence-electron chi connectivity index (χ0n) is 31.3. The Labute approximate surface area is 313 Å². The van der Waals surface area contributed by atoms with Gasteiger partial charge in [0.2, 0.25) is 5.91 Å². The maximum Gasteiger partial charge on any atom is 0.220 e. The van der Waals surface area contributed by atoms with E-state index in [1.807, 2.05) is 0 Å². The Morgan fingerprint density at radius 3 is 1.55 bits per heavy atom. The van der Waals surface area contributed by atoms with Crippen molar-refractivity contribution in [2.24, 2.45) is 11.5 Å². The van der Waals surface area contributed by atoms with Gasteiger partial charge < -0.3 is 81.3 Å². The molecule has 3 rings (SSSR count). The van der Waals surface area contributed by atoms with Crippen LogP contribution >= 0.6 is 0 Å². The van der Waals surface area contributed by atoms with E-state index in [0.29, 0.717) is 6.42 Å². The summed E-state index contributed by atoms with van der Waals surface area (Å²) in [5.74, 6) is -0.446. The summed E-state index contributed by atoms with van der Waals surface area (Å²) >= 11 is 0. The maximum absolute atomic E-state index is 13.2. The van der Waals surface area contributed by atoms with Crippen LogP contribution in [0.5, 0.6) is 0 Å². The number of nitrogens with two attached hydrogens (primary N) is 2. The van der Waals surface area contributed by atoms with E-state index in [2.05, 4.69) is 12.2 Å². The van der Waals surface area contributed by atoms with Crippen LogP contribution < -0.4 is 16.8 Å². The minimum Gasteiger partial charge on any atom is -0.394 e. The lowest BCUT2D eigenvalue weighted by Gasteiger charge is -2.49. The van der Waals surface area contributed by atoms with E-state index in [4.69, 9.17) is 35.2 Å². The fourth-order valence-electron chi connectivity index (χ4n) is 7.23. The molecule has 0 aromatic heterocycles. The maximum atomic E-state index is 13.2. The molecule has 0 bridgehead atoms. The van der Waals surface area contributed by atoms with Crippen LogP contribution in [0.25, 0.3) is 0 Å². The molecule has 0 radical (unpaired) electrons. The molecular weight excluding hydrogens is 698 g/mol. The minimum atomic E-state index is -1.67. The first-order valence-electron chi connectivity index (χ1n) is 19.8. The van der Waals surface area contributed by atoms with Crippen LogP contribution in [0.4, 0.5) is 0 Å². The molecule has 17 nitrogen and oxygen atoms in total. The molecule has 17 heteroatoms. The van der Waals surface area contributed by atoms with Gasteiger partial charge in [0.15, 0.2) is 18.9 Å². The predicted molar refractivity (Wildman–Crippen MR) is 191 cm³/mol. The number of aliphatic hydroxyl groups is 8. The molecule has 15 atom stereocenters. The highest BCUT2D eigenvalue weighted by molar-refractivity contribution is 5.76. The molecule has 13 N–H and O–H groups in total. The summed E-state index contributed by atoms with van der Waals surface area (Å²) in [6, 6.07) is -4.05. The summed E-state index contributed by atoms with van der Waals surface area (Å²) in [6.07, 6.45) is 0.0231. The molecule has 0 saturated carbocycles. The third kappa shape index (κ3) is 13.8. The third-order valence-corrected chi connectivity index (χ3v) is 10.6. The minimum absolute atomic E-state index is 0.119. The van der Waals surface area contributed by atoms with Crippen molar-refractivity contribution >= 4 is 5.91 Å². The van der Waals surface area contributed by atoms with E-state index in [0.717, 1.165) is 25.7 Å². The van der Waals surface area contributed by atoms with Crippen molar-refractivity contribution in [1.29, 1.82) is 0 Å². The predicted octanol–water partition coefficient (Wildman–Crippen LogP) is -1.25. The Morgan fingerprint density at radius 1 is 0.566 bits per heavy atom. The zero-order chi connectivity index (χ0) is 38.9. The Bertz CT molecular complexity index is 1000. The van der Waals surface area contributed by atoms with Crippen molar-refractivity contribution in [3.8, 4) is 0 Å². The van der Waals surface area contributed by atoms with E-state index in [1.165, 1.54) is 64.2 Å². The SMILES string of the molecule is CCCCCCCCCCCCCCCCCC(=O)N[C@H]1[C@H](OC2[C@@H](CO)O[C@@H](O)[C@H](N)[C@H]2O)O[C@H](CO)C(O[C@@H]2O[C@H](CO)[C@@H](O)[C@H](O)[C@H]2N)[C@@H]1O. The number of unbranched alkanes of at least 4 members (excludes halogenated alkanes) is 14. The number of rotatable bonds is 24. The van der Waals surface area contributed by atoms with E-state index in [1.54, 1.807) is 0 Å². The van der Waals surface area contributed by atoms with E-state index in [-0.39, 0.29) is 6.42 Å². The molecule has 0 aromatic rings. The highest BCUT2D eigenvalue weighted by Gasteiger charge is 2.53. The van der Waals surface area contributed by atoms with Gasteiger partial charge in [-0.3, -0.25) is 4.79 Å². The van der Waals surface area contributed by atoms with Gasteiger partial charge in [0.25, 0.3) is 0 Å². The van der Waals surface area contributed by atoms with Crippen molar-refractivity contribution in [3.63, 3.8) is 0 Å². The highest BCUT2D eigenvalue weighted by atomic mass is 16.7. The van der Waals surface area contributed by atoms with Crippen LogP contribution in [-0.4, -0.2) is 159 Å². The Balaban J connectivity index is 1.57. The molecule has 3 saturated heterocycles. The van der Waals surface area contributed by atoms with Gasteiger partial charge >= 0.3 is 0 Å². The van der Waals surface area contributed by atoms with Crippen LogP contribution in [-0.2, 0) is 28.5 Å². The van der Waals surface area contributed by atoms with Crippen LogP contribution in [0.1, 0.15) is 110 Å². The topological polar surface area (TPSA) is 289 Å². The number of hydrogen-bond donors (Lipinski definition) is 11. The smallest absolute Gasteiger partial charge is 0.220 e. The molecule has 0 spiro atoms. The van der Waals surface area contributed by atoms with Crippen molar-refractivity contribution in [3.05, 3.63) is 0 Å². The summed E-state index contributed by atoms with van der Waals surface area (Å²) in [7, 11) is 0. The largest absolute Gasteiger partial charge is 0.394 e. The fraction of sp³-hybridized carbons (Fsp3) is 0.972. The van der Waals surface area contributed by atoms with Gasteiger partial charge in [-0.1, -0.05) is 96.8 Å². The summed E-state index contributed by atoms with van der Waals surface area (Å²) in [4.78, 5) is 13.2. The third-order valence-electron chi connectivity index (χ3n) is 10.6. The van der Waals surface area contributed by atoms with Crippen LogP contribution in [0.15, 0.2) is 0 Å². The molecule has 1 amide bonds. The highest BCUT2D eigenvalue weighted by Crippen LogP contribution is 2.32. The van der Waals surface area contributed by atoms with Crippen molar-refractivity contribution in [2.75, 3.05) is 19.8 Å². The van der Waals surface area contributed by atoms with Gasteiger partial charge in [0.1, 0.15) is 61.0 Å². The first-order chi connectivity index (χ1) is 25.5. The lowest BCUT2D eigenvalue weighted by atomic mass is 9.94. The lowest BCUT2D eigenvalue weighted by Crippen LogP contribution is -2.70. The second-order valence-electron chi connectivity index (χ2n) is 14.8. The molecule has 0 aliphatic carbocycles. The summed E-state index contributed by atoms with van der Waals surface area (Å²) in [6.45, 7) is 0.114. The standard InChI is InChI=1S/C36H69N3O14/c1-2-3-4-5-6-7-8-9-10-11-12-13-14-15-16-17-24(43)39-27-31(47)33(52-35-26(38)29(45)28(44)21(18-40)50-35)23(20-42)51-36(27)53-32-22(19-41)49-34(48)25(37)30(32)46/h21-23,25-36,40-42,44-48H,2-20,37-38H2,1H3,(H,39,43)/t21-,22-,23-,25-,26-,27-,28-,29-,30-,31-,32?,33?,34-,35+,36+/m1/s1. The second kappa shape index (κ2) is 24.5. The quantitative estimate of drug-likeness (QED) is 0.0512. The van der Waals surface area contributed by atoms with Crippen LogP contribution in [0.2, 0.25) is 0 Å². The molecule has 3 fully saturated rings. The van der Waals surface area contributed by atoms with Crippen LogP contribution in [0.3, 0.4) is 0 Å². The Hall–Kier alpha value is -1.13. The summed E-state index contributed by atoms with van der Waals surface area (Å²) in [5.41, 5.74) is 11.9. The summed E-state index contributed by atoms with van der Waals surface area (Å²) < 4.78 is 28.7. The number of amides is 1. The first kappa shape index (κ1) is 46.3. The van der Waals surface area contributed by atoms with Gasteiger partial charge in [-0.25, -0.2) is 0 Å². The Morgan fingerprint density at radius 2 is 1.02 bits per heavy atom. The molecular formula is C36H69N3O14. The first-order valence-corrected chi connectivity index (χ1v) is 19.8. The van der Waals surface area contributed by atoms with Crippen LogP contribution in [0, 0.1) is 0 Å². The number of nitrogens with one attached hydrogen (secondary N) is 1. The zero-order valence-corrected chi connectivity index (χ0v) is 31.3. The summed E-state index contributed by atoms with van der Waals surface area (Å²) in [5, 5.41) is 85.6. The van der Waals surface area contributed by atoms with E-state index >= 15 is 0 Å². The van der Waals surface area contributed by atoms with E-state index in [9.17, 15) is 45.6 Å². The number of ether oxygens (including phenoxy) is 5. The van der Waals surface area contributed by atoms with Crippen molar-refractivity contribution in [1.82, 2.24) is 5.32 Å². The second-order valence-corrected chi connectivity index (χ2v) is 14.8. The normalized spacial score (nSPS) is 37.8. The molecule has 312 valence electrons. The molecule has 53 heavy (non-hydrogen) atoms. The van der Waals surface area contributed by atoms with Gasteiger partial charge in [-0.2, -0.15) is 0 Å². The average molecular weight is 768 g/mol. The number of carbonyl (C=O) groups is 1. The molecule has 3 aliphatic rings. The average Bonchev–Trinajstić information content (AvgIpc) is 3.15. The Kier molecular flexibility index (Phi) is 21.4. The number of aliphatic hydroxyl groups excluding tert-OH is 8. The van der Waals surface area contributed by atoms with Crippen molar-refractivity contribution in [2.45, 2.75) is 202 Å². The number of carbonyl (C=O) groups excluding carboxylic acids is 1. The van der Waals surface area contributed by atoms with Crippen molar-refractivity contribution < 1.29 is 69.3 Å². The molecule has 3 heterocycles. The van der Waals surface area contributed by atoms with Gasteiger partial charge in [-0.05, 0) is 6.42 Å². The van der Waals surface area contributed by atoms with E-state index < -0.39 is 118 Å². The molecule has 0 aromatic carbocycles. The monoisotopic (exact) mass is 767 g/mol. The van der Waals surface area contributed by atoms with Gasteiger partial charge in [-0.15, -0.1) is 0 Å². The van der Waals surface area contributed by atoms with Gasteiger partial charge in [0.05, 0.1) is 31.9 Å². The lowest BCUT2D eigenvalue weighted by molar-refractivity contribution is -0.350. The fourth-order valence-corrected chi connectivity index (χ4v) is 7.23. The molecule has 3 aliphatic heterocycles. The molecule has 2 unspecified atom stereocenters. The number of hydrogen-bond acceptors (Lipinski definition) is 16.